The second-order valence-corrected chi connectivity index (χ2v) is 17.8. The zero-order valence-corrected chi connectivity index (χ0v) is 38.7. The average molecular weight is 1240 g/mol. The zero-order valence-electron chi connectivity index (χ0n) is 27.0. The van der Waals surface area contributed by atoms with Crippen molar-refractivity contribution in [2.75, 3.05) is 11.9 Å². The largest absolute Gasteiger partial charge is 0.506 e. The van der Waals surface area contributed by atoms with Gasteiger partial charge in [0, 0.05) is 40.1 Å². The second kappa shape index (κ2) is 17.8. The number of hydrogen-bond acceptors (Lipinski definition) is 7. The van der Waals surface area contributed by atoms with Gasteiger partial charge in [0.25, 0.3) is 0 Å². The molecule has 1 aliphatic heterocycles. The third-order valence-electron chi connectivity index (χ3n) is 8.43. The predicted octanol–water partition coefficient (Wildman–Crippen LogP) is 13.0. The van der Waals surface area contributed by atoms with Crippen LogP contribution in [0.1, 0.15) is 48.9 Å². The van der Waals surface area contributed by atoms with Crippen molar-refractivity contribution in [1.29, 1.82) is 0 Å². The first-order valence-corrected chi connectivity index (χ1v) is 21.8. The number of aromatic nitrogens is 1. The molecule has 53 heavy (non-hydrogen) atoms. The number of phenolic OH excluding ortho intramolecular Hbond substituents is 1. The third kappa shape index (κ3) is 8.49. The highest BCUT2D eigenvalue weighted by molar-refractivity contribution is 14.1. The van der Waals surface area contributed by atoms with Crippen LogP contribution in [0.15, 0.2) is 57.9 Å². The number of esters is 1. The molecule has 0 fully saturated rings. The van der Waals surface area contributed by atoms with Crippen molar-refractivity contribution in [3.8, 4) is 28.2 Å². The van der Waals surface area contributed by atoms with Gasteiger partial charge >= 0.3 is 5.97 Å². The van der Waals surface area contributed by atoms with Crippen LogP contribution < -0.4 is 10.7 Å². The molecule has 1 amide bonds. The lowest BCUT2D eigenvalue weighted by atomic mass is 9.90. The molecular formula is C37H24Cl4I4N2O6. The summed E-state index contributed by atoms with van der Waals surface area (Å²) in [6.07, 6.45) is 5.76. The van der Waals surface area contributed by atoms with E-state index >= 15 is 0 Å². The standard InChI is InChI=1S/C37H24Cl4I4N2O6/c38-26-24(23-17-14-19(42)33(49)30(44)35(17)53-36-18(23)15-20(43)34(50)31(36)45)25(27(39)29(41)28(26)40)37(51)52-13-5-3-1-2-4-11-22(48)47-21-10-6-8-16-9-7-12-46-32(16)21/h6-10,12,14-15,49H,1-5,11,13H2,(H,47,48). The zero-order chi connectivity index (χ0) is 38.1. The minimum absolute atomic E-state index is 0.00440. The van der Waals surface area contributed by atoms with Crippen LogP contribution in [0.4, 0.5) is 5.69 Å². The molecule has 3 aromatic carbocycles. The van der Waals surface area contributed by atoms with Gasteiger partial charge in [-0.05, 0) is 127 Å². The van der Waals surface area contributed by atoms with Gasteiger partial charge in [0.05, 0.1) is 54.2 Å². The van der Waals surface area contributed by atoms with Crippen molar-refractivity contribution in [2.45, 2.75) is 38.5 Å². The smallest absolute Gasteiger partial charge is 0.340 e. The van der Waals surface area contributed by atoms with Crippen molar-refractivity contribution < 1.29 is 23.8 Å². The van der Waals surface area contributed by atoms with Crippen LogP contribution in [0.3, 0.4) is 0 Å². The highest BCUT2D eigenvalue weighted by Crippen LogP contribution is 2.52. The Morgan fingerprint density at radius 2 is 1.53 bits per heavy atom. The molecule has 274 valence electrons. The second-order valence-electron chi connectivity index (χ2n) is 11.8. The first kappa shape index (κ1) is 41.2. The Morgan fingerprint density at radius 3 is 2.30 bits per heavy atom. The minimum Gasteiger partial charge on any atom is -0.506 e. The van der Waals surface area contributed by atoms with Gasteiger partial charge in [-0.2, -0.15) is 0 Å². The summed E-state index contributed by atoms with van der Waals surface area (Å²) in [5.74, 6) is -0.607. The van der Waals surface area contributed by atoms with E-state index in [0.717, 1.165) is 30.2 Å². The normalized spacial score (nSPS) is 11.5. The number of hydrogen-bond donors (Lipinski definition) is 2. The molecule has 0 spiro atoms. The van der Waals surface area contributed by atoms with E-state index < -0.39 is 5.97 Å². The van der Waals surface area contributed by atoms with Crippen LogP contribution in [-0.4, -0.2) is 28.6 Å². The first-order valence-electron chi connectivity index (χ1n) is 15.9. The number of carbonyl (C=O) groups excluding carboxylic acids is 2. The number of para-hydroxylation sites is 1. The van der Waals surface area contributed by atoms with E-state index in [2.05, 4.69) is 10.3 Å². The molecule has 1 aliphatic carbocycles. The van der Waals surface area contributed by atoms with Crippen molar-refractivity contribution >= 4 is 176 Å². The molecule has 0 bridgehead atoms. The number of benzene rings is 4. The topological polar surface area (TPSA) is 119 Å². The molecule has 0 radical (unpaired) electrons. The monoisotopic (exact) mass is 1240 g/mol. The Labute approximate surface area is 377 Å². The van der Waals surface area contributed by atoms with Gasteiger partial charge in [0.1, 0.15) is 9.32 Å². The first-order chi connectivity index (χ1) is 25.3. The summed E-state index contributed by atoms with van der Waals surface area (Å²) in [6.45, 7) is 0.0889. The Hall–Kier alpha value is -1.42. The van der Waals surface area contributed by atoms with Crippen LogP contribution >= 0.6 is 137 Å². The Morgan fingerprint density at radius 1 is 0.830 bits per heavy atom. The van der Waals surface area contributed by atoms with Crippen molar-refractivity contribution in [3.05, 3.63) is 98.8 Å². The fourth-order valence-electron chi connectivity index (χ4n) is 5.89. The third-order valence-corrected chi connectivity index (χ3v) is 13.8. The van der Waals surface area contributed by atoms with E-state index in [9.17, 15) is 19.5 Å². The maximum absolute atomic E-state index is 13.9. The number of aromatic hydroxyl groups is 1. The Bertz CT molecular complexity index is 2470. The van der Waals surface area contributed by atoms with Gasteiger partial charge in [-0.1, -0.05) is 83.9 Å². The van der Waals surface area contributed by atoms with E-state index in [1.54, 1.807) is 18.3 Å². The summed E-state index contributed by atoms with van der Waals surface area (Å²) >= 11 is 34.7. The van der Waals surface area contributed by atoms with Crippen molar-refractivity contribution in [1.82, 2.24) is 4.98 Å². The minimum atomic E-state index is -0.764. The maximum Gasteiger partial charge on any atom is 0.340 e. The number of carbonyl (C=O) groups is 2. The number of unbranched alkanes of at least 4 members (excludes halogenated alkanes) is 4. The summed E-state index contributed by atoms with van der Waals surface area (Å²) in [6, 6.07) is 12.8. The molecule has 0 saturated heterocycles. The van der Waals surface area contributed by atoms with Crippen molar-refractivity contribution in [3.63, 3.8) is 0 Å². The summed E-state index contributed by atoms with van der Waals surface area (Å²) < 4.78 is 13.6. The van der Waals surface area contributed by atoms with Crippen LogP contribution in [0, 0.1) is 14.3 Å². The number of nitrogens with one attached hydrogen (secondary N) is 1. The molecule has 0 atom stereocenters. The fourth-order valence-corrected chi connectivity index (χ4v) is 10.5. The summed E-state index contributed by atoms with van der Waals surface area (Å²) in [7, 11) is 0. The van der Waals surface area contributed by atoms with Gasteiger partial charge in [-0.25, -0.2) is 4.79 Å². The molecular weight excluding hydrogens is 1220 g/mol. The number of ether oxygens (including phenoxy) is 1. The van der Waals surface area contributed by atoms with Crippen molar-refractivity contribution in [2.24, 2.45) is 0 Å². The van der Waals surface area contributed by atoms with Crippen LogP contribution in [0.5, 0.6) is 5.75 Å². The van der Waals surface area contributed by atoms with Crippen LogP contribution in [0.25, 0.3) is 44.3 Å². The summed E-state index contributed by atoms with van der Waals surface area (Å²) in [4.78, 5) is 43.9. The quantitative estimate of drug-likeness (QED) is 0.0331. The molecule has 16 heteroatoms. The molecule has 2 N–H and O–H groups in total. The SMILES string of the molecule is O=C(CCCCCCCOC(=O)c1c(Cl)c(Cl)c(Cl)c(Cl)c1-c1c2cc(I)c(=O)c(I)c-2oc2c(I)c(O)c(I)cc12)Nc1cccc2cccnc12. The number of anilines is 1. The highest BCUT2D eigenvalue weighted by Gasteiger charge is 2.33. The molecule has 2 heterocycles. The molecule has 4 aromatic rings. The Kier molecular flexibility index (Phi) is 13.8. The molecule has 0 unspecified atom stereocenters. The van der Waals surface area contributed by atoms with Gasteiger partial charge in [0.2, 0.25) is 11.3 Å². The number of nitrogens with zero attached hydrogens (tertiary/aromatic N) is 1. The van der Waals surface area contributed by atoms with E-state index in [-0.39, 0.29) is 66.3 Å². The lowest BCUT2D eigenvalue weighted by Gasteiger charge is -2.22. The van der Waals surface area contributed by atoms with Gasteiger partial charge < -0.3 is 19.6 Å². The maximum atomic E-state index is 13.9. The van der Waals surface area contributed by atoms with E-state index in [0.29, 0.717) is 55.7 Å². The van der Waals surface area contributed by atoms with Crippen LogP contribution in [-0.2, 0) is 9.53 Å². The van der Waals surface area contributed by atoms with E-state index in [4.69, 9.17) is 55.6 Å². The predicted molar refractivity (Wildman–Crippen MR) is 245 cm³/mol. The Balaban J connectivity index is 1.20. The summed E-state index contributed by atoms with van der Waals surface area (Å²) in [5.41, 5.74) is 2.41. The fraction of sp³-hybridized carbons (Fsp3) is 0.189. The number of phenols is 1. The van der Waals surface area contributed by atoms with Gasteiger partial charge in [0.15, 0.2) is 11.3 Å². The van der Waals surface area contributed by atoms with E-state index in [1.807, 2.05) is 121 Å². The number of fused-ring (bicyclic) bond motifs is 3. The lowest BCUT2D eigenvalue weighted by molar-refractivity contribution is -0.116. The van der Waals surface area contributed by atoms with E-state index in [1.165, 1.54) is 0 Å². The molecule has 8 nitrogen and oxygen atoms in total. The average Bonchev–Trinajstić information content (AvgIpc) is 3.14. The molecule has 6 rings (SSSR count). The summed E-state index contributed by atoms with van der Waals surface area (Å²) in [5, 5.41) is 14.8. The van der Waals surface area contributed by atoms with Gasteiger partial charge in [-0.15, -0.1) is 0 Å². The number of pyridine rings is 1. The lowest BCUT2D eigenvalue weighted by Crippen LogP contribution is -2.14. The molecule has 2 aliphatic rings. The highest BCUT2D eigenvalue weighted by atomic mass is 127. The molecule has 0 saturated carbocycles. The number of amides is 1. The van der Waals surface area contributed by atoms with Gasteiger partial charge in [-0.3, -0.25) is 14.6 Å². The number of rotatable bonds is 11. The van der Waals surface area contributed by atoms with Crippen LogP contribution in [0.2, 0.25) is 20.1 Å². The number of halogens is 8. The molecule has 1 aromatic heterocycles.